The second-order valence-electron chi connectivity index (χ2n) is 6.28. The minimum atomic E-state index is -0.406. The average molecular weight is 391 g/mol. The molecule has 2 aromatic carbocycles. The van der Waals surface area contributed by atoms with Crippen LogP contribution >= 0.6 is 11.8 Å². The Morgan fingerprint density at radius 3 is 2.36 bits per heavy atom. The van der Waals surface area contributed by atoms with E-state index in [2.05, 4.69) is 72.8 Å². The van der Waals surface area contributed by atoms with Gasteiger partial charge >= 0.3 is 6.92 Å². The van der Waals surface area contributed by atoms with Gasteiger partial charge in [0.2, 0.25) is 0 Å². The molecule has 2 nitrogen and oxygen atoms in total. The predicted molar refractivity (Wildman–Crippen MR) is 126 cm³/mol. The van der Waals surface area contributed by atoms with E-state index in [-0.39, 0.29) is 0 Å². The number of benzene rings is 2. The molecule has 0 radical (unpaired) electrons. The number of nitrogens with zero attached hydrogens (tertiary/aromatic N) is 1. The largest absolute Gasteiger partial charge is 0.447 e. The summed E-state index contributed by atoms with van der Waals surface area (Å²) in [6.07, 6.45) is 5.71. The lowest BCUT2D eigenvalue weighted by molar-refractivity contribution is 0.578. The number of allylic oxidation sites excluding steroid dienone is 3. The molecule has 0 spiro atoms. The zero-order chi connectivity index (χ0) is 20.5. The number of fused-ring (bicyclic) bond motifs is 1. The van der Waals surface area contributed by atoms with Crippen molar-refractivity contribution in [3.63, 3.8) is 0 Å². The highest BCUT2D eigenvalue weighted by Crippen LogP contribution is 2.36. The van der Waals surface area contributed by atoms with Crippen molar-refractivity contribution in [1.82, 2.24) is 4.57 Å². The molecule has 0 aliphatic heterocycles. The summed E-state index contributed by atoms with van der Waals surface area (Å²) in [6.45, 7) is 11.9. The molecule has 3 aromatic rings. The van der Waals surface area contributed by atoms with Gasteiger partial charge in [-0.1, -0.05) is 87.9 Å². The fourth-order valence-electron chi connectivity index (χ4n) is 3.06. The molecular weight excluding hydrogens is 361 g/mol. The fraction of sp³-hybridized carbons (Fsp3) is 0.250. The van der Waals surface area contributed by atoms with Crippen molar-refractivity contribution in [2.75, 3.05) is 0 Å². The highest BCUT2D eigenvalue weighted by atomic mass is 32.2. The topological polar surface area (TPSA) is 25.2 Å². The third-order valence-corrected chi connectivity index (χ3v) is 5.58. The van der Waals surface area contributed by atoms with Crippen LogP contribution in [-0.2, 0) is 0 Å². The van der Waals surface area contributed by atoms with Crippen molar-refractivity contribution in [2.45, 2.75) is 50.2 Å². The van der Waals surface area contributed by atoms with E-state index in [1.807, 2.05) is 32.9 Å². The number of aromatic nitrogens is 1. The smallest absolute Gasteiger partial charge is 0.319 e. The van der Waals surface area contributed by atoms with Gasteiger partial charge in [-0.25, -0.2) is 0 Å². The number of hydrogen-bond donors (Lipinski definition) is 1. The van der Waals surface area contributed by atoms with Crippen LogP contribution in [0.2, 0.25) is 6.32 Å². The highest BCUT2D eigenvalue weighted by molar-refractivity contribution is 7.99. The van der Waals surface area contributed by atoms with Crippen LogP contribution in [0.1, 0.15) is 34.1 Å². The van der Waals surface area contributed by atoms with Crippen molar-refractivity contribution in [1.29, 1.82) is 0 Å². The van der Waals surface area contributed by atoms with Crippen LogP contribution in [0.3, 0.4) is 0 Å². The lowest BCUT2D eigenvalue weighted by Crippen LogP contribution is -2.14. The van der Waals surface area contributed by atoms with E-state index in [9.17, 15) is 5.02 Å². The molecule has 3 rings (SSSR count). The van der Waals surface area contributed by atoms with Crippen molar-refractivity contribution in [3.05, 3.63) is 78.9 Å². The quantitative estimate of drug-likeness (QED) is 0.341. The van der Waals surface area contributed by atoms with Gasteiger partial charge in [0.05, 0.1) is 5.52 Å². The molecule has 28 heavy (non-hydrogen) atoms. The van der Waals surface area contributed by atoms with Gasteiger partial charge in [-0.15, -0.1) is 0 Å². The van der Waals surface area contributed by atoms with Gasteiger partial charge in [0.25, 0.3) is 0 Å². The molecule has 0 amide bonds. The van der Waals surface area contributed by atoms with Crippen LogP contribution in [0.5, 0.6) is 0 Å². The summed E-state index contributed by atoms with van der Waals surface area (Å²) in [5, 5.41) is 11.4. The van der Waals surface area contributed by atoms with E-state index in [1.165, 1.54) is 15.2 Å². The monoisotopic (exact) mass is 391 g/mol. The molecule has 0 fully saturated rings. The summed E-state index contributed by atoms with van der Waals surface area (Å²) in [6, 6.07) is 18.8. The standard InChI is InChI=1S/C22H24BNOS.C2H6/c1-4-18(23(25)5-2)15-17(3)24-16-22(20-13-9-10-14-21(20)24)26-19-11-7-6-8-12-19;1-2/h6-16,25H,3-5H2,1-2H3;1-2H3/b18-15+;. The molecule has 0 atom stereocenters. The van der Waals surface area contributed by atoms with Crippen LogP contribution in [-0.4, -0.2) is 16.5 Å². The Morgan fingerprint density at radius 2 is 1.71 bits per heavy atom. The maximum absolute atomic E-state index is 10.2. The van der Waals surface area contributed by atoms with Crippen LogP contribution in [0.25, 0.3) is 16.6 Å². The lowest BCUT2D eigenvalue weighted by atomic mass is 9.57. The third-order valence-electron chi connectivity index (χ3n) is 4.53. The van der Waals surface area contributed by atoms with E-state index in [4.69, 9.17) is 0 Å². The first-order valence-electron chi connectivity index (χ1n) is 10.0. The molecule has 0 saturated heterocycles. The van der Waals surface area contributed by atoms with Gasteiger partial charge in [0, 0.05) is 27.1 Å². The first-order chi connectivity index (χ1) is 13.6. The Kier molecular flexibility index (Phi) is 8.68. The Hall–Kier alpha value is -2.17. The zero-order valence-corrected chi connectivity index (χ0v) is 18.2. The first kappa shape index (κ1) is 22.1. The van der Waals surface area contributed by atoms with E-state index in [0.29, 0.717) is 6.32 Å². The van der Waals surface area contributed by atoms with Crippen molar-refractivity contribution >= 4 is 35.3 Å². The SMILES string of the molecule is C=C(/C=C(\CC)B(O)CC)n1cc(Sc2ccccc2)c2ccccc21.CC. The normalized spacial score (nSPS) is 11.1. The van der Waals surface area contributed by atoms with Gasteiger partial charge in [-0.2, -0.15) is 0 Å². The molecule has 0 aliphatic carbocycles. The van der Waals surface area contributed by atoms with Gasteiger partial charge in [0.1, 0.15) is 0 Å². The summed E-state index contributed by atoms with van der Waals surface area (Å²) in [5.41, 5.74) is 3.03. The summed E-state index contributed by atoms with van der Waals surface area (Å²) in [4.78, 5) is 2.42. The molecule has 0 unspecified atom stereocenters. The van der Waals surface area contributed by atoms with E-state index < -0.39 is 6.92 Å². The van der Waals surface area contributed by atoms with E-state index in [1.54, 1.807) is 11.8 Å². The Morgan fingerprint density at radius 1 is 1.07 bits per heavy atom. The average Bonchev–Trinajstić information content (AvgIpc) is 3.12. The molecule has 0 saturated carbocycles. The molecule has 1 N–H and O–H groups in total. The number of rotatable bonds is 7. The maximum atomic E-state index is 10.2. The van der Waals surface area contributed by atoms with Crippen molar-refractivity contribution < 1.29 is 5.02 Å². The fourth-order valence-corrected chi connectivity index (χ4v) is 4.05. The van der Waals surface area contributed by atoms with Crippen molar-refractivity contribution in [2.24, 2.45) is 0 Å². The molecular formula is C24H30BNOS. The zero-order valence-electron chi connectivity index (χ0n) is 17.4. The van der Waals surface area contributed by atoms with Gasteiger partial charge in [-0.05, 0) is 37.0 Å². The van der Waals surface area contributed by atoms with Gasteiger partial charge in [0.15, 0.2) is 0 Å². The lowest BCUT2D eigenvalue weighted by Gasteiger charge is -2.10. The Labute approximate surface area is 174 Å². The number of hydrogen-bond acceptors (Lipinski definition) is 2. The second kappa shape index (κ2) is 11.0. The van der Waals surface area contributed by atoms with E-state index in [0.717, 1.165) is 23.1 Å². The summed E-state index contributed by atoms with van der Waals surface area (Å²) < 4.78 is 2.12. The Balaban J connectivity index is 0.00000136. The first-order valence-corrected chi connectivity index (χ1v) is 10.9. The van der Waals surface area contributed by atoms with Crippen LogP contribution < -0.4 is 0 Å². The van der Waals surface area contributed by atoms with Gasteiger partial charge < -0.3 is 9.59 Å². The summed E-state index contributed by atoms with van der Waals surface area (Å²) >= 11 is 1.76. The minimum Gasteiger partial charge on any atom is -0.447 e. The van der Waals surface area contributed by atoms with Crippen LogP contribution in [0, 0.1) is 0 Å². The molecule has 4 heteroatoms. The highest BCUT2D eigenvalue weighted by Gasteiger charge is 2.15. The Bertz CT molecular complexity index is 930. The molecule has 0 aliphatic rings. The second-order valence-corrected chi connectivity index (χ2v) is 7.40. The predicted octanol–water partition coefficient (Wildman–Crippen LogP) is 7.17. The molecule has 1 heterocycles. The van der Waals surface area contributed by atoms with E-state index >= 15 is 0 Å². The van der Waals surface area contributed by atoms with Crippen LogP contribution in [0.4, 0.5) is 0 Å². The van der Waals surface area contributed by atoms with Crippen LogP contribution in [0.15, 0.2) is 88.7 Å². The third kappa shape index (κ3) is 5.21. The number of para-hydroxylation sites is 1. The van der Waals surface area contributed by atoms with Gasteiger partial charge in [-0.3, -0.25) is 0 Å². The maximum Gasteiger partial charge on any atom is 0.319 e. The van der Waals surface area contributed by atoms with Crippen molar-refractivity contribution in [3.8, 4) is 0 Å². The molecule has 146 valence electrons. The summed E-state index contributed by atoms with van der Waals surface area (Å²) in [5.74, 6) is 0. The summed E-state index contributed by atoms with van der Waals surface area (Å²) in [7, 11) is 0. The molecule has 0 bridgehead atoms. The minimum absolute atomic E-state index is 0.406. The molecule has 1 aromatic heterocycles.